The molecule has 0 unspecified atom stereocenters. The van der Waals surface area contributed by atoms with Crippen LogP contribution in [0.15, 0.2) is 45.6 Å². The minimum absolute atomic E-state index is 0.200. The zero-order chi connectivity index (χ0) is 18.8. The Hall–Kier alpha value is -3.64. The van der Waals surface area contributed by atoms with Crippen LogP contribution in [0.1, 0.15) is 15.9 Å². The lowest BCUT2D eigenvalue weighted by molar-refractivity contribution is 0.0692. The van der Waals surface area contributed by atoms with E-state index in [1.807, 2.05) is 6.07 Å². The van der Waals surface area contributed by atoms with E-state index in [0.29, 0.717) is 21.0 Å². The Balaban J connectivity index is 1.88. The maximum atomic E-state index is 12.4. The SMILES string of the molecule is CN(C(=O)Nc1cccc(C#N)c1)c1cc2oc(=O)c(C(=O)O)cc2s1. The molecule has 0 saturated carbocycles. The molecular weight excluding hydrogens is 358 g/mol. The number of thiophene rings is 1. The first-order valence-corrected chi connectivity index (χ1v) is 8.06. The summed E-state index contributed by atoms with van der Waals surface area (Å²) in [5.41, 5.74) is -0.343. The first-order valence-electron chi connectivity index (χ1n) is 7.25. The molecule has 0 fully saturated rings. The van der Waals surface area contributed by atoms with Crippen molar-refractivity contribution in [1.29, 1.82) is 5.26 Å². The molecular formula is C17H11N3O5S. The molecule has 2 N–H and O–H groups in total. The summed E-state index contributed by atoms with van der Waals surface area (Å²) in [4.78, 5) is 36.3. The van der Waals surface area contributed by atoms with Crippen LogP contribution in [0.5, 0.6) is 0 Å². The van der Waals surface area contributed by atoms with Gasteiger partial charge in [-0.25, -0.2) is 14.4 Å². The van der Waals surface area contributed by atoms with E-state index in [4.69, 9.17) is 14.8 Å². The summed E-state index contributed by atoms with van der Waals surface area (Å²) in [7, 11) is 1.52. The van der Waals surface area contributed by atoms with E-state index >= 15 is 0 Å². The quantitative estimate of drug-likeness (QED) is 0.731. The van der Waals surface area contributed by atoms with Gasteiger partial charge in [0.1, 0.15) is 10.6 Å². The number of hydrogen-bond donors (Lipinski definition) is 2. The largest absolute Gasteiger partial charge is 0.477 e. The topological polar surface area (TPSA) is 124 Å². The maximum Gasteiger partial charge on any atom is 0.351 e. The van der Waals surface area contributed by atoms with Crippen molar-refractivity contribution in [1.82, 2.24) is 0 Å². The van der Waals surface area contributed by atoms with E-state index in [2.05, 4.69) is 5.32 Å². The average Bonchev–Trinajstić information content (AvgIpc) is 3.02. The molecule has 0 bridgehead atoms. The summed E-state index contributed by atoms with van der Waals surface area (Å²) in [5.74, 6) is -1.38. The molecule has 0 spiro atoms. The van der Waals surface area contributed by atoms with E-state index in [1.165, 1.54) is 30.1 Å². The Morgan fingerprint density at radius 1 is 1.31 bits per heavy atom. The third-order valence-electron chi connectivity index (χ3n) is 3.52. The monoisotopic (exact) mass is 369 g/mol. The number of urea groups is 1. The molecule has 0 atom stereocenters. The molecule has 0 aliphatic carbocycles. The number of carboxylic acids is 1. The summed E-state index contributed by atoms with van der Waals surface area (Å²) in [5, 5.41) is 21.0. The van der Waals surface area contributed by atoms with E-state index in [1.54, 1.807) is 18.2 Å². The minimum Gasteiger partial charge on any atom is -0.477 e. The van der Waals surface area contributed by atoms with Crippen LogP contribution < -0.4 is 15.8 Å². The minimum atomic E-state index is -1.38. The highest BCUT2D eigenvalue weighted by Crippen LogP contribution is 2.32. The number of nitriles is 1. The summed E-state index contributed by atoms with van der Waals surface area (Å²) >= 11 is 1.11. The predicted molar refractivity (Wildman–Crippen MR) is 95.9 cm³/mol. The third kappa shape index (κ3) is 3.26. The second-order valence-corrected chi connectivity index (χ2v) is 6.31. The van der Waals surface area contributed by atoms with Gasteiger partial charge in [-0.1, -0.05) is 6.07 Å². The van der Waals surface area contributed by atoms with E-state index in [9.17, 15) is 14.4 Å². The zero-order valence-corrected chi connectivity index (χ0v) is 14.2. The maximum absolute atomic E-state index is 12.4. The number of nitrogens with zero attached hydrogens (tertiary/aromatic N) is 2. The van der Waals surface area contributed by atoms with Crippen molar-refractivity contribution in [3.05, 3.63) is 57.9 Å². The molecule has 3 aromatic rings. The second kappa shape index (κ2) is 6.70. The molecule has 8 nitrogen and oxygen atoms in total. The van der Waals surface area contributed by atoms with Crippen LogP contribution in [0.25, 0.3) is 10.3 Å². The fourth-order valence-corrected chi connectivity index (χ4v) is 3.18. The Bertz CT molecular complexity index is 1130. The van der Waals surface area contributed by atoms with Crippen molar-refractivity contribution in [2.45, 2.75) is 0 Å². The van der Waals surface area contributed by atoms with Gasteiger partial charge in [0.2, 0.25) is 0 Å². The van der Waals surface area contributed by atoms with Gasteiger partial charge < -0.3 is 14.8 Å². The van der Waals surface area contributed by atoms with E-state index < -0.39 is 23.2 Å². The first-order chi connectivity index (χ1) is 12.4. The summed E-state index contributed by atoms with van der Waals surface area (Å²) in [6.45, 7) is 0. The van der Waals surface area contributed by atoms with Gasteiger partial charge in [-0.15, -0.1) is 11.3 Å². The average molecular weight is 369 g/mol. The lowest BCUT2D eigenvalue weighted by Gasteiger charge is -2.15. The molecule has 1 aromatic carbocycles. The number of hydrogen-bond acceptors (Lipinski definition) is 6. The number of benzene rings is 1. The van der Waals surface area contributed by atoms with Crippen LogP contribution in [0, 0.1) is 11.3 Å². The van der Waals surface area contributed by atoms with Gasteiger partial charge in [0.25, 0.3) is 0 Å². The van der Waals surface area contributed by atoms with Crippen LogP contribution in [-0.4, -0.2) is 24.2 Å². The molecule has 2 amide bonds. The van der Waals surface area contributed by atoms with Crippen LogP contribution in [0.2, 0.25) is 0 Å². The molecule has 0 aliphatic rings. The molecule has 3 rings (SSSR count). The van der Waals surface area contributed by atoms with Gasteiger partial charge >= 0.3 is 17.6 Å². The molecule has 0 radical (unpaired) electrons. The molecule has 130 valence electrons. The molecule has 26 heavy (non-hydrogen) atoms. The lowest BCUT2D eigenvalue weighted by Crippen LogP contribution is -2.30. The van der Waals surface area contributed by atoms with E-state index in [0.717, 1.165) is 11.3 Å². The number of amides is 2. The van der Waals surface area contributed by atoms with Gasteiger partial charge in [-0.05, 0) is 24.3 Å². The summed E-state index contributed by atoms with van der Waals surface area (Å²) in [6.07, 6.45) is 0. The highest BCUT2D eigenvalue weighted by atomic mass is 32.1. The van der Waals surface area contributed by atoms with Crippen LogP contribution in [-0.2, 0) is 0 Å². The van der Waals surface area contributed by atoms with Gasteiger partial charge in [0.05, 0.1) is 16.3 Å². The number of anilines is 2. The fraction of sp³-hybridized carbons (Fsp3) is 0.0588. The van der Waals surface area contributed by atoms with Crippen molar-refractivity contribution in [3.8, 4) is 6.07 Å². The molecule has 0 aliphatic heterocycles. The van der Waals surface area contributed by atoms with Gasteiger partial charge in [0, 0.05) is 18.8 Å². The summed E-state index contributed by atoms with van der Waals surface area (Å²) in [6, 6.07) is 10.7. The zero-order valence-electron chi connectivity index (χ0n) is 13.3. The first kappa shape index (κ1) is 17.2. The standard InChI is InChI=1S/C17H11N3O5S/c1-20(17(24)19-10-4-2-3-9(5-10)8-18)14-7-12-13(26-14)6-11(15(21)22)16(23)25-12/h2-7H,1H3,(H,19,24)(H,21,22). The number of carbonyl (C=O) groups is 2. The summed E-state index contributed by atoms with van der Waals surface area (Å²) < 4.78 is 5.43. The Kier molecular flexibility index (Phi) is 4.43. The number of fused-ring (bicyclic) bond motifs is 1. The van der Waals surface area contributed by atoms with Gasteiger partial charge in [0.15, 0.2) is 5.58 Å². The van der Waals surface area contributed by atoms with Crippen molar-refractivity contribution in [2.24, 2.45) is 0 Å². The molecule has 9 heteroatoms. The smallest absolute Gasteiger partial charge is 0.351 e. The van der Waals surface area contributed by atoms with Crippen molar-refractivity contribution in [2.75, 3.05) is 17.3 Å². The van der Waals surface area contributed by atoms with Crippen molar-refractivity contribution < 1.29 is 19.1 Å². The number of aromatic carboxylic acids is 1. The number of nitrogens with one attached hydrogen (secondary N) is 1. The van der Waals surface area contributed by atoms with Crippen LogP contribution >= 0.6 is 11.3 Å². The van der Waals surface area contributed by atoms with Crippen LogP contribution in [0.4, 0.5) is 15.5 Å². The number of carboxylic acid groups (broad SMARTS) is 1. The van der Waals surface area contributed by atoms with Gasteiger partial charge in [-0.3, -0.25) is 4.90 Å². The molecule has 2 heterocycles. The van der Waals surface area contributed by atoms with E-state index in [-0.39, 0.29) is 5.58 Å². The Morgan fingerprint density at radius 3 is 2.77 bits per heavy atom. The van der Waals surface area contributed by atoms with Gasteiger partial charge in [-0.2, -0.15) is 5.26 Å². The highest BCUT2D eigenvalue weighted by molar-refractivity contribution is 7.22. The molecule has 0 saturated heterocycles. The Morgan fingerprint density at radius 2 is 2.08 bits per heavy atom. The predicted octanol–water partition coefficient (Wildman–Crippen LogP) is 3.09. The lowest BCUT2D eigenvalue weighted by atomic mass is 10.2. The number of rotatable bonds is 3. The van der Waals surface area contributed by atoms with Crippen molar-refractivity contribution in [3.63, 3.8) is 0 Å². The van der Waals surface area contributed by atoms with Crippen LogP contribution in [0.3, 0.4) is 0 Å². The fourth-order valence-electron chi connectivity index (χ4n) is 2.19. The second-order valence-electron chi connectivity index (χ2n) is 5.25. The Labute approximate surface area is 150 Å². The molecule has 2 aromatic heterocycles. The number of carbonyl (C=O) groups excluding carboxylic acids is 1. The highest BCUT2D eigenvalue weighted by Gasteiger charge is 2.18. The normalized spacial score (nSPS) is 10.3. The van der Waals surface area contributed by atoms with Crippen molar-refractivity contribution >= 4 is 44.3 Å². The third-order valence-corrected chi connectivity index (χ3v) is 4.66.